The second-order valence-electron chi connectivity index (χ2n) is 6.58. The number of carbonyl (C=O) groups excluding carboxylic acids is 2. The van der Waals surface area contributed by atoms with Crippen LogP contribution in [0.1, 0.15) is 33.2 Å². The van der Waals surface area contributed by atoms with Crippen LogP contribution in [-0.2, 0) is 0 Å². The molecule has 0 aromatic heterocycles. The first-order valence-electron chi connectivity index (χ1n) is 9.07. The summed E-state index contributed by atoms with van der Waals surface area (Å²) in [6, 6.07) is 14.6. The quantitative estimate of drug-likeness (QED) is 0.921. The summed E-state index contributed by atoms with van der Waals surface area (Å²) in [5.74, 6) is -0.212. The third-order valence-corrected chi connectivity index (χ3v) is 4.87. The van der Waals surface area contributed by atoms with Gasteiger partial charge >= 0.3 is 0 Å². The number of carbonyl (C=O) groups is 2. The Morgan fingerprint density at radius 3 is 2.35 bits per heavy atom. The first-order chi connectivity index (χ1) is 12.6. The number of nitrogens with one attached hydrogen (secondary N) is 1. The zero-order chi connectivity index (χ0) is 18.5. The summed E-state index contributed by atoms with van der Waals surface area (Å²) in [6.07, 6.45) is 0. The van der Waals surface area contributed by atoms with Crippen molar-refractivity contribution < 1.29 is 9.59 Å². The molecule has 2 aromatic carbocycles. The molecule has 0 bridgehead atoms. The van der Waals surface area contributed by atoms with E-state index in [0.717, 1.165) is 44.0 Å². The van der Waals surface area contributed by atoms with Crippen LogP contribution in [0.2, 0.25) is 0 Å². The van der Waals surface area contributed by atoms with Crippen molar-refractivity contribution in [2.45, 2.75) is 13.8 Å². The highest BCUT2D eigenvalue weighted by atomic mass is 16.2. The van der Waals surface area contributed by atoms with Crippen LogP contribution in [0.3, 0.4) is 0 Å². The van der Waals surface area contributed by atoms with E-state index in [4.69, 9.17) is 0 Å². The SMILES string of the molecule is CCN1CCN(C(=O)c2cccc(C(=O)Nc3ccccc3C)c2)CC1. The number of hydrogen-bond donors (Lipinski definition) is 1. The number of likely N-dealkylation sites (N-methyl/N-ethyl adjacent to an activating group) is 1. The third kappa shape index (κ3) is 4.11. The first kappa shape index (κ1) is 18.1. The van der Waals surface area contributed by atoms with E-state index in [1.165, 1.54) is 0 Å². The highest BCUT2D eigenvalue weighted by molar-refractivity contribution is 6.06. The number of nitrogens with zero attached hydrogens (tertiary/aromatic N) is 2. The van der Waals surface area contributed by atoms with Gasteiger partial charge in [-0.3, -0.25) is 9.59 Å². The minimum Gasteiger partial charge on any atom is -0.336 e. The molecular weight excluding hydrogens is 326 g/mol. The summed E-state index contributed by atoms with van der Waals surface area (Å²) in [5, 5.41) is 2.92. The van der Waals surface area contributed by atoms with Crippen molar-refractivity contribution in [3.05, 3.63) is 65.2 Å². The van der Waals surface area contributed by atoms with Crippen LogP contribution in [0.5, 0.6) is 0 Å². The molecule has 0 radical (unpaired) electrons. The first-order valence-corrected chi connectivity index (χ1v) is 9.07. The Bertz CT molecular complexity index is 795. The van der Waals surface area contributed by atoms with Crippen molar-refractivity contribution in [2.24, 2.45) is 0 Å². The molecule has 26 heavy (non-hydrogen) atoms. The average Bonchev–Trinajstić information content (AvgIpc) is 2.69. The summed E-state index contributed by atoms with van der Waals surface area (Å²) in [5.41, 5.74) is 2.84. The van der Waals surface area contributed by atoms with Gasteiger partial charge < -0.3 is 15.1 Å². The van der Waals surface area contributed by atoms with E-state index < -0.39 is 0 Å². The fourth-order valence-electron chi connectivity index (χ4n) is 3.15. The summed E-state index contributed by atoms with van der Waals surface area (Å²) in [6.45, 7) is 8.35. The number of anilines is 1. The summed E-state index contributed by atoms with van der Waals surface area (Å²) in [7, 11) is 0. The van der Waals surface area contributed by atoms with E-state index in [-0.39, 0.29) is 11.8 Å². The Hall–Kier alpha value is -2.66. The fraction of sp³-hybridized carbons (Fsp3) is 0.333. The molecule has 0 atom stereocenters. The van der Waals surface area contributed by atoms with Gasteiger partial charge in [0.2, 0.25) is 0 Å². The normalized spacial score (nSPS) is 14.9. The second kappa shape index (κ2) is 8.15. The molecule has 2 amide bonds. The molecule has 0 saturated carbocycles. The number of benzene rings is 2. The van der Waals surface area contributed by atoms with Gasteiger partial charge in [0.05, 0.1) is 0 Å². The monoisotopic (exact) mass is 351 g/mol. The third-order valence-electron chi connectivity index (χ3n) is 4.87. The Labute approximate surface area is 154 Å². The average molecular weight is 351 g/mol. The molecule has 0 unspecified atom stereocenters. The minimum absolute atomic E-state index is 0.00806. The van der Waals surface area contributed by atoms with Gasteiger partial charge in [-0.1, -0.05) is 31.2 Å². The van der Waals surface area contributed by atoms with E-state index in [0.29, 0.717) is 11.1 Å². The lowest BCUT2D eigenvalue weighted by atomic mass is 10.1. The molecule has 1 aliphatic heterocycles. The van der Waals surface area contributed by atoms with Crippen molar-refractivity contribution >= 4 is 17.5 Å². The molecule has 1 heterocycles. The molecular formula is C21H25N3O2. The molecule has 5 heteroatoms. The predicted molar refractivity (Wildman–Crippen MR) is 104 cm³/mol. The van der Waals surface area contributed by atoms with Crippen LogP contribution in [-0.4, -0.2) is 54.3 Å². The van der Waals surface area contributed by atoms with Crippen molar-refractivity contribution in [1.82, 2.24) is 9.80 Å². The summed E-state index contributed by atoms with van der Waals surface area (Å²) >= 11 is 0. The molecule has 2 aromatic rings. The Morgan fingerprint density at radius 1 is 0.962 bits per heavy atom. The smallest absolute Gasteiger partial charge is 0.255 e. The van der Waals surface area contributed by atoms with E-state index in [9.17, 15) is 9.59 Å². The van der Waals surface area contributed by atoms with Crippen LogP contribution >= 0.6 is 0 Å². The van der Waals surface area contributed by atoms with E-state index in [1.54, 1.807) is 24.3 Å². The van der Waals surface area contributed by atoms with Gasteiger partial charge in [0.1, 0.15) is 0 Å². The van der Waals surface area contributed by atoms with Gasteiger partial charge in [-0.2, -0.15) is 0 Å². The maximum atomic E-state index is 12.8. The molecule has 1 N–H and O–H groups in total. The maximum Gasteiger partial charge on any atom is 0.255 e. The van der Waals surface area contributed by atoms with Crippen LogP contribution in [0.15, 0.2) is 48.5 Å². The molecule has 3 rings (SSSR count). The van der Waals surface area contributed by atoms with Crippen LogP contribution < -0.4 is 5.32 Å². The van der Waals surface area contributed by atoms with Gasteiger partial charge in [0.15, 0.2) is 0 Å². The van der Waals surface area contributed by atoms with Crippen LogP contribution in [0.25, 0.3) is 0 Å². The van der Waals surface area contributed by atoms with Crippen molar-refractivity contribution in [3.8, 4) is 0 Å². The number of amides is 2. The maximum absolute atomic E-state index is 12.8. The van der Waals surface area contributed by atoms with E-state index in [2.05, 4.69) is 17.1 Å². The summed E-state index contributed by atoms with van der Waals surface area (Å²) < 4.78 is 0. The number of hydrogen-bond acceptors (Lipinski definition) is 3. The Kier molecular flexibility index (Phi) is 5.68. The van der Waals surface area contributed by atoms with Gasteiger partial charge in [0, 0.05) is 43.0 Å². The van der Waals surface area contributed by atoms with Gasteiger partial charge in [0.25, 0.3) is 11.8 Å². The van der Waals surface area contributed by atoms with Crippen LogP contribution in [0, 0.1) is 6.92 Å². The Balaban J connectivity index is 1.71. The zero-order valence-electron chi connectivity index (χ0n) is 15.4. The van der Waals surface area contributed by atoms with Crippen molar-refractivity contribution in [2.75, 3.05) is 38.0 Å². The number of piperazine rings is 1. The van der Waals surface area contributed by atoms with E-state index in [1.807, 2.05) is 36.1 Å². The number of aryl methyl sites for hydroxylation is 1. The number of rotatable bonds is 4. The molecule has 1 fully saturated rings. The van der Waals surface area contributed by atoms with Gasteiger partial charge in [-0.25, -0.2) is 0 Å². The molecule has 136 valence electrons. The molecule has 0 spiro atoms. The van der Waals surface area contributed by atoms with Gasteiger partial charge in [-0.15, -0.1) is 0 Å². The zero-order valence-corrected chi connectivity index (χ0v) is 15.4. The largest absolute Gasteiger partial charge is 0.336 e. The van der Waals surface area contributed by atoms with Crippen molar-refractivity contribution in [1.29, 1.82) is 0 Å². The van der Waals surface area contributed by atoms with Crippen LogP contribution in [0.4, 0.5) is 5.69 Å². The highest BCUT2D eigenvalue weighted by Crippen LogP contribution is 2.16. The van der Waals surface area contributed by atoms with E-state index >= 15 is 0 Å². The fourth-order valence-corrected chi connectivity index (χ4v) is 3.15. The molecule has 0 aliphatic carbocycles. The Morgan fingerprint density at radius 2 is 1.65 bits per heavy atom. The molecule has 1 aliphatic rings. The minimum atomic E-state index is -0.204. The topological polar surface area (TPSA) is 52.7 Å². The number of para-hydroxylation sites is 1. The molecule has 5 nitrogen and oxygen atoms in total. The lowest BCUT2D eigenvalue weighted by Gasteiger charge is -2.34. The lowest BCUT2D eigenvalue weighted by molar-refractivity contribution is 0.0643. The standard InChI is InChI=1S/C21H25N3O2/c1-3-23-11-13-24(14-12-23)21(26)18-9-6-8-17(15-18)20(25)22-19-10-5-4-7-16(19)2/h4-10,15H,3,11-14H2,1-2H3,(H,22,25). The summed E-state index contributed by atoms with van der Waals surface area (Å²) in [4.78, 5) is 29.5. The van der Waals surface area contributed by atoms with Crippen molar-refractivity contribution in [3.63, 3.8) is 0 Å². The second-order valence-corrected chi connectivity index (χ2v) is 6.58. The highest BCUT2D eigenvalue weighted by Gasteiger charge is 2.22. The van der Waals surface area contributed by atoms with Gasteiger partial charge in [-0.05, 0) is 43.3 Å². The molecule has 1 saturated heterocycles. The lowest BCUT2D eigenvalue weighted by Crippen LogP contribution is -2.48. The predicted octanol–water partition coefficient (Wildman–Crippen LogP) is 3.03.